The van der Waals surface area contributed by atoms with E-state index in [2.05, 4.69) is 4.98 Å². The van der Waals surface area contributed by atoms with Gasteiger partial charge in [0.05, 0.1) is 43.6 Å². The SMILES string of the molecule is COc1cccc(OC)c1CN(C)C(=O)c1cnc(OC(C)C)cc1C(F)(F)F. The van der Waals surface area contributed by atoms with E-state index in [4.69, 9.17) is 14.2 Å². The molecular formula is C20H23F3N2O4. The van der Waals surface area contributed by atoms with E-state index in [0.717, 1.165) is 17.2 Å². The largest absolute Gasteiger partial charge is 0.496 e. The van der Waals surface area contributed by atoms with Crippen LogP contribution in [0.25, 0.3) is 0 Å². The van der Waals surface area contributed by atoms with E-state index >= 15 is 0 Å². The average Bonchev–Trinajstić information content (AvgIpc) is 2.66. The maximum absolute atomic E-state index is 13.6. The molecule has 1 aromatic carbocycles. The Hall–Kier alpha value is -2.97. The van der Waals surface area contributed by atoms with Gasteiger partial charge < -0.3 is 19.1 Å². The first-order valence-corrected chi connectivity index (χ1v) is 8.77. The van der Waals surface area contributed by atoms with Gasteiger partial charge in [0, 0.05) is 19.3 Å². The van der Waals surface area contributed by atoms with E-state index in [1.54, 1.807) is 32.0 Å². The summed E-state index contributed by atoms with van der Waals surface area (Å²) < 4.78 is 56.5. The summed E-state index contributed by atoms with van der Waals surface area (Å²) in [5.41, 5.74) is -1.13. The summed E-state index contributed by atoms with van der Waals surface area (Å²) in [4.78, 5) is 17.8. The molecule has 0 radical (unpaired) electrons. The molecule has 0 unspecified atom stereocenters. The second-order valence-electron chi connectivity index (χ2n) is 6.53. The molecule has 0 N–H and O–H groups in total. The summed E-state index contributed by atoms with van der Waals surface area (Å²) >= 11 is 0. The fraction of sp³-hybridized carbons (Fsp3) is 0.400. The van der Waals surface area contributed by atoms with Crippen LogP contribution >= 0.6 is 0 Å². The lowest BCUT2D eigenvalue weighted by molar-refractivity contribution is -0.138. The van der Waals surface area contributed by atoms with Crippen LogP contribution in [0.5, 0.6) is 17.4 Å². The summed E-state index contributed by atoms with van der Waals surface area (Å²) in [5, 5.41) is 0. The van der Waals surface area contributed by atoms with Gasteiger partial charge in [0.15, 0.2) is 0 Å². The van der Waals surface area contributed by atoms with Crippen molar-refractivity contribution in [3.8, 4) is 17.4 Å². The molecule has 0 saturated carbocycles. The zero-order valence-electron chi connectivity index (χ0n) is 16.8. The molecule has 1 aromatic heterocycles. The second kappa shape index (κ2) is 9.02. The van der Waals surface area contributed by atoms with Gasteiger partial charge in [0.2, 0.25) is 5.88 Å². The predicted molar refractivity (Wildman–Crippen MR) is 100 cm³/mol. The Morgan fingerprint density at radius 1 is 1.17 bits per heavy atom. The number of benzene rings is 1. The maximum Gasteiger partial charge on any atom is 0.417 e. The second-order valence-corrected chi connectivity index (χ2v) is 6.53. The highest BCUT2D eigenvalue weighted by atomic mass is 19.4. The molecule has 9 heteroatoms. The summed E-state index contributed by atoms with van der Waals surface area (Å²) in [7, 11) is 4.31. The van der Waals surface area contributed by atoms with Gasteiger partial charge in [0.25, 0.3) is 5.91 Å². The molecular weight excluding hydrogens is 389 g/mol. The van der Waals surface area contributed by atoms with Gasteiger partial charge >= 0.3 is 6.18 Å². The van der Waals surface area contributed by atoms with Crippen molar-refractivity contribution in [2.24, 2.45) is 0 Å². The van der Waals surface area contributed by atoms with Crippen molar-refractivity contribution in [3.05, 3.63) is 47.2 Å². The predicted octanol–water partition coefficient (Wildman–Crippen LogP) is 4.18. The van der Waals surface area contributed by atoms with Crippen molar-refractivity contribution < 1.29 is 32.2 Å². The molecule has 158 valence electrons. The minimum Gasteiger partial charge on any atom is -0.496 e. The zero-order chi connectivity index (χ0) is 21.8. The Balaban J connectivity index is 2.39. The van der Waals surface area contributed by atoms with Crippen LogP contribution in [0.15, 0.2) is 30.5 Å². The number of carbonyl (C=O) groups is 1. The number of hydrogen-bond acceptors (Lipinski definition) is 5. The Labute approximate surface area is 167 Å². The van der Waals surface area contributed by atoms with Crippen LogP contribution in [0, 0.1) is 0 Å². The highest BCUT2D eigenvalue weighted by Crippen LogP contribution is 2.35. The van der Waals surface area contributed by atoms with E-state index in [1.807, 2.05) is 0 Å². The Morgan fingerprint density at radius 3 is 2.24 bits per heavy atom. The third-order valence-electron chi connectivity index (χ3n) is 4.04. The molecule has 0 aliphatic heterocycles. The van der Waals surface area contributed by atoms with E-state index in [1.165, 1.54) is 21.3 Å². The molecule has 0 aliphatic carbocycles. The van der Waals surface area contributed by atoms with Crippen molar-refractivity contribution in [3.63, 3.8) is 0 Å². The summed E-state index contributed by atoms with van der Waals surface area (Å²) in [5.74, 6) is -0.121. The van der Waals surface area contributed by atoms with Crippen molar-refractivity contribution in [2.45, 2.75) is 32.7 Å². The zero-order valence-corrected chi connectivity index (χ0v) is 16.8. The van der Waals surface area contributed by atoms with Gasteiger partial charge in [-0.3, -0.25) is 4.79 Å². The number of carbonyl (C=O) groups excluding carboxylic acids is 1. The van der Waals surface area contributed by atoms with Crippen molar-refractivity contribution in [1.82, 2.24) is 9.88 Å². The van der Waals surface area contributed by atoms with Crippen LogP contribution in [0.4, 0.5) is 13.2 Å². The number of halogens is 3. The van der Waals surface area contributed by atoms with Gasteiger partial charge in [-0.2, -0.15) is 13.2 Å². The maximum atomic E-state index is 13.6. The topological polar surface area (TPSA) is 60.9 Å². The molecule has 6 nitrogen and oxygen atoms in total. The number of alkyl halides is 3. The van der Waals surface area contributed by atoms with Gasteiger partial charge in [-0.1, -0.05) is 6.07 Å². The molecule has 29 heavy (non-hydrogen) atoms. The van der Waals surface area contributed by atoms with Crippen LogP contribution in [0.3, 0.4) is 0 Å². The molecule has 2 rings (SSSR count). The lowest BCUT2D eigenvalue weighted by Crippen LogP contribution is -2.29. The molecule has 2 aromatic rings. The van der Waals surface area contributed by atoms with Crippen LogP contribution in [-0.4, -0.2) is 43.2 Å². The molecule has 0 bridgehead atoms. The molecule has 1 amide bonds. The van der Waals surface area contributed by atoms with Crippen LogP contribution in [-0.2, 0) is 12.7 Å². The van der Waals surface area contributed by atoms with Gasteiger partial charge in [-0.25, -0.2) is 4.98 Å². The minimum atomic E-state index is -4.74. The summed E-state index contributed by atoms with van der Waals surface area (Å²) in [6.07, 6.45) is -4.21. The Morgan fingerprint density at radius 2 is 1.76 bits per heavy atom. The Kier molecular flexibility index (Phi) is 6.94. The van der Waals surface area contributed by atoms with Gasteiger partial charge in [-0.15, -0.1) is 0 Å². The summed E-state index contributed by atoms with van der Waals surface area (Å²) in [6.45, 7) is 3.32. The third-order valence-corrected chi connectivity index (χ3v) is 4.04. The molecule has 0 fully saturated rings. The van der Waals surface area contributed by atoms with E-state index in [0.29, 0.717) is 17.1 Å². The highest BCUT2D eigenvalue weighted by molar-refractivity contribution is 5.95. The fourth-order valence-corrected chi connectivity index (χ4v) is 2.75. The first-order chi connectivity index (χ1) is 13.6. The van der Waals surface area contributed by atoms with Crippen molar-refractivity contribution in [2.75, 3.05) is 21.3 Å². The Bertz CT molecular complexity index is 847. The minimum absolute atomic E-state index is 0.0203. The number of methoxy groups -OCH3 is 2. The van der Waals surface area contributed by atoms with Crippen LogP contribution in [0.1, 0.15) is 35.3 Å². The lowest BCUT2D eigenvalue weighted by Gasteiger charge is -2.22. The number of hydrogen-bond donors (Lipinski definition) is 0. The fourth-order valence-electron chi connectivity index (χ4n) is 2.75. The molecule has 1 heterocycles. The number of pyridine rings is 1. The number of amides is 1. The quantitative estimate of drug-likeness (QED) is 0.683. The molecule has 0 spiro atoms. The lowest BCUT2D eigenvalue weighted by atomic mass is 10.1. The van der Waals surface area contributed by atoms with Crippen LogP contribution < -0.4 is 14.2 Å². The van der Waals surface area contributed by atoms with E-state index < -0.39 is 23.2 Å². The number of ether oxygens (including phenoxy) is 3. The standard InChI is InChI=1S/C20H23F3N2O4/c1-12(2)29-18-9-15(20(21,22)23)13(10-24-18)19(26)25(3)11-14-16(27-4)7-6-8-17(14)28-5/h6-10,12H,11H2,1-5H3. The highest BCUT2D eigenvalue weighted by Gasteiger charge is 2.37. The average molecular weight is 412 g/mol. The monoisotopic (exact) mass is 412 g/mol. The summed E-state index contributed by atoms with van der Waals surface area (Å²) in [6, 6.07) is 5.81. The first kappa shape index (κ1) is 22.3. The first-order valence-electron chi connectivity index (χ1n) is 8.77. The van der Waals surface area contributed by atoms with E-state index in [-0.39, 0.29) is 18.5 Å². The molecule has 0 saturated heterocycles. The number of rotatable bonds is 7. The van der Waals surface area contributed by atoms with Crippen molar-refractivity contribution >= 4 is 5.91 Å². The van der Waals surface area contributed by atoms with Crippen LogP contribution in [0.2, 0.25) is 0 Å². The molecule has 0 atom stereocenters. The van der Waals surface area contributed by atoms with Gasteiger partial charge in [0.1, 0.15) is 11.5 Å². The van der Waals surface area contributed by atoms with Crippen molar-refractivity contribution in [1.29, 1.82) is 0 Å². The van der Waals surface area contributed by atoms with E-state index in [9.17, 15) is 18.0 Å². The smallest absolute Gasteiger partial charge is 0.417 e. The molecule has 0 aliphatic rings. The normalized spacial score (nSPS) is 11.3. The third kappa shape index (κ3) is 5.30. The van der Waals surface area contributed by atoms with Gasteiger partial charge in [-0.05, 0) is 26.0 Å². The number of aromatic nitrogens is 1. The number of nitrogens with zero attached hydrogens (tertiary/aromatic N) is 2.